The molecule has 1 unspecified atom stereocenters. The van der Waals surface area contributed by atoms with Crippen molar-refractivity contribution in [2.24, 2.45) is 0 Å². The number of amides is 1. The lowest BCUT2D eigenvalue weighted by atomic mass is 10.0. The molecule has 0 bridgehead atoms. The van der Waals surface area contributed by atoms with Gasteiger partial charge in [-0.3, -0.25) is 18.7 Å². The Balaban J connectivity index is 1.80. The van der Waals surface area contributed by atoms with Crippen molar-refractivity contribution in [2.45, 2.75) is 38.9 Å². The summed E-state index contributed by atoms with van der Waals surface area (Å²) in [6.45, 7) is 2.67. The van der Waals surface area contributed by atoms with Crippen LogP contribution in [-0.4, -0.2) is 42.3 Å². The predicted octanol–water partition coefficient (Wildman–Crippen LogP) is 2.65. The number of nitrogens with zero attached hydrogens (tertiary/aromatic N) is 2. The topological polar surface area (TPSA) is 101 Å². The van der Waals surface area contributed by atoms with Gasteiger partial charge in [0.15, 0.2) is 11.5 Å². The van der Waals surface area contributed by atoms with Crippen LogP contribution in [0.25, 0.3) is 11.0 Å². The molecule has 3 aromatic rings. The third kappa shape index (κ3) is 5.19. The van der Waals surface area contributed by atoms with E-state index in [9.17, 15) is 14.4 Å². The maximum Gasteiger partial charge on any atom is 0.329 e. The first-order valence-corrected chi connectivity index (χ1v) is 10.7. The second-order valence-electron chi connectivity index (χ2n) is 7.43. The third-order valence-electron chi connectivity index (χ3n) is 5.55. The molecule has 0 radical (unpaired) electrons. The second-order valence-corrected chi connectivity index (χ2v) is 7.43. The standard InChI is InChI=1S/C24H29N3O6/c1-5-26-18-8-6-7-9-19(18)27(24(26)30)13-12-22(28)25-17(15-23(29)33-4)16-10-11-20(31-2)21(14-16)32-3/h6-11,14,17H,5,12-13,15H2,1-4H3,(H,25,28). The van der Waals surface area contributed by atoms with Gasteiger partial charge in [0.25, 0.3) is 0 Å². The van der Waals surface area contributed by atoms with Crippen LogP contribution in [0, 0.1) is 0 Å². The molecule has 3 rings (SSSR count). The van der Waals surface area contributed by atoms with Crippen LogP contribution in [0.4, 0.5) is 0 Å². The number of fused-ring (bicyclic) bond motifs is 1. The Morgan fingerprint density at radius 2 is 1.64 bits per heavy atom. The summed E-state index contributed by atoms with van der Waals surface area (Å²) < 4.78 is 18.7. The second kappa shape index (κ2) is 10.7. The van der Waals surface area contributed by atoms with Crippen molar-refractivity contribution in [3.05, 3.63) is 58.5 Å². The molecule has 0 aliphatic rings. The van der Waals surface area contributed by atoms with Gasteiger partial charge in [0.1, 0.15) is 0 Å². The number of carbonyl (C=O) groups excluding carboxylic acids is 2. The van der Waals surface area contributed by atoms with E-state index in [0.717, 1.165) is 11.0 Å². The first kappa shape index (κ1) is 23.9. The van der Waals surface area contributed by atoms with E-state index < -0.39 is 12.0 Å². The van der Waals surface area contributed by atoms with E-state index in [1.165, 1.54) is 21.3 Å². The van der Waals surface area contributed by atoms with Crippen LogP contribution in [0.5, 0.6) is 11.5 Å². The smallest absolute Gasteiger partial charge is 0.329 e. The summed E-state index contributed by atoms with van der Waals surface area (Å²) in [6.07, 6.45) is 0.0232. The highest BCUT2D eigenvalue weighted by atomic mass is 16.5. The first-order chi connectivity index (χ1) is 15.9. The van der Waals surface area contributed by atoms with E-state index in [0.29, 0.717) is 23.6 Å². The number of rotatable bonds is 10. The van der Waals surface area contributed by atoms with Crippen molar-refractivity contribution in [3.63, 3.8) is 0 Å². The Hall–Kier alpha value is -3.75. The SMILES string of the molecule is CCn1c(=O)n(CCC(=O)NC(CC(=O)OC)c2ccc(OC)c(OC)c2)c2ccccc21. The molecule has 1 amide bonds. The minimum absolute atomic E-state index is 0.0488. The lowest BCUT2D eigenvalue weighted by Gasteiger charge is -2.20. The van der Waals surface area contributed by atoms with Crippen LogP contribution >= 0.6 is 0 Å². The quantitative estimate of drug-likeness (QED) is 0.472. The molecule has 9 nitrogen and oxygen atoms in total. The molecule has 0 fully saturated rings. The molecule has 0 spiro atoms. The summed E-state index contributed by atoms with van der Waals surface area (Å²) in [5.74, 6) is 0.269. The highest BCUT2D eigenvalue weighted by Crippen LogP contribution is 2.31. The van der Waals surface area contributed by atoms with Gasteiger partial charge in [-0.15, -0.1) is 0 Å². The fourth-order valence-corrected chi connectivity index (χ4v) is 3.85. The first-order valence-electron chi connectivity index (χ1n) is 10.7. The molecule has 1 aromatic heterocycles. The molecule has 0 saturated carbocycles. The number of methoxy groups -OCH3 is 3. The van der Waals surface area contributed by atoms with E-state index in [4.69, 9.17) is 14.2 Å². The fourth-order valence-electron chi connectivity index (χ4n) is 3.85. The highest BCUT2D eigenvalue weighted by Gasteiger charge is 2.21. The van der Waals surface area contributed by atoms with Gasteiger partial charge in [-0.05, 0) is 36.8 Å². The molecule has 0 saturated heterocycles. The Morgan fingerprint density at radius 3 is 2.24 bits per heavy atom. The number of ether oxygens (including phenoxy) is 3. The summed E-state index contributed by atoms with van der Waals surface area (Å²) in [5.41, 5.74) is 2.13. The zero-order valence-electron chi connectivity index (χ0n) is 19.3. The predicted molar refractivity (Wildman–Crippen MR) is 124 cm³/mol. The van der Waals surface area contributed by atoms with Gasteiger partial charge in [-0.25, -0.2) is 4.79 Å². The van der Waals surface area contributed by atoms with E-state index in [1.54, 1.807) is 27.3 Å². The average Bonchev–Trinajstić information content (AvgIpc) is 3.11. The van der Waals surface area contributed by atoms with E-state index in [1.807, 2.05) is 31.2 Å². The maximum absolute atomic E-state index is 12.8. The maximum atomic E-state index is 12.8. The lowest BCUT2D eigenvalue weighted by Crippen LogP contribution is -2.32. The zero-order chi connectivity index (χ0) is 24.0. The Bertz CT molecular complexity index is 1200. The molecule has 176 valence electrons. The summed E-state index contributed by atoms with van der Waals surface area (Å²) in [5, 5.41) is 2.89. The van der Waals surface area contributed by atoms with Gasteiger partial charge < -0.3 is 19.5 Å². The molecule has 33 heavy (non-hydrogen) atoms. The van der Waals surface area contributed by atoms with Gasteiger partial charge in [0, 0.05) is 19.5 Å². The van der Waals surface area contributed by atoms with Crippen LogP contribution in [0.1, 0.15) is 31.4 Å². The molecule has 0 aliphatic heterocycles. The highest BCUT2D eigenvalue weighted by molar-refractivity contribution is 5.79. The molecule has 1 heterocycles. The van der Waals surface area contributed by atoms with Crippen LogP contribution in [0.15, 0.2) is 47.3 Å². The van der Waals surface area contributed by atoms with Gasteiger partial charge in [0.2, 0.25) is 5.91 Å². The normalized spacial score (nSPS) is 11.8. The Kier molecular flexibility index (Phi) is 7.76. The summed E-state index contributed by atoms with van der Waals surface area (Å²) >= 11 is 0. The number of nitrogens with one attached hydrogen (secondary N) is 1. The molecule has 0 aliphatic carbocycles. The largest absolute Gasteiger partial charge is 0.493 e. The minimum Gasteiger partial charge on any atom is -0.493 e. The van der Waals surface area contributed by atoms with Crippen LogP contribution in [0.2, 0.25) is 0 Å². The summed E-state index contributed by atoms with van der Waals surface area (Å²) in [6, 6.07) is 12.1. The number of aryl methyl sites for hydroxylation is 2. The minimum atomic E-state index is -0.626. The van der Waals surface area contributed by atoms with Crippen LogP contribution < -0.4 is 20.5 Å². The fraction of sp³-hybridized carbons (Fsp3) is 0.375. The number of hydrogen-bond acceptors (Lipinski definition) is 6. The molecule has 2 aromatic carbocycles. The Labute approximate surface area is 191 Å². The zero-order valence-corrected chi connectivity index (χ0v) is 19.3. The van der Waals surface area contributed by atoms with E-state index in [-0.39, 0.29) is 31.0 Å². The van der Waals surface area contributed by atoms with Gasteiger partial charge in [0.05, 0.1) is 44.8 Å². The number of esters is 1. The van der Waals surface area contributed by atoms with Crippen LogP contribution in [-0.2, 0) is 27.4 Å². The Morgan fingerprint density at radius 1 is 0.970 bits per heavy atom. The van der Waals surface area contributed by atoms with E-state index >= 15 is 0 Å². The van der Waals surface area contributed by atoms with Crippen molar-refractivity contribution in [1.82, 2.24) is 14.5 Å². The lowest BCUT2D eigenvalue weighted by molar-refractivity contribution is -0.141. The molecular weight excluding hydrogens is 426 g/mol. The molecule has 9 heteroatoms. The number of benzene rings is 2. The number of imidazole rings is 1. The molecule has 1 N–H and O–H groups in total. The number of aromatic nitrogens is 2. The summed E-state index contributed by atoms with van der Waals surface area (Å²) in [4.78, 5) is 37.6. The average molecular weight is 456 g/mol. The van der Waals surface area contributed by atoms with Crippen molar-refractivity contribution >= 4 is 22.9 Å². The van der Waals surface area contributed by atoms with Crippen molar-refractivity contribution in [3.8, 4) is 11.5 Å². The monoisotopic (exact) mass is 455 g/mol. The van der Waals surface area contributed by atoms with E-state index in [2.05, 4.69) is 5.32 Å². The van der Waals surface area contributed by atoms with Gasteiger partial charge in [-0.1, -0.05) is 18.2 Å². The number of hydrogen-bond donors (Lipinski definition) is 1. The van der Waals surface area contributed by atoms with Crippen LogP contribution in [0.3, 0.4) is 0 Å². The van der Waals surface area contributed by atoms with Gasteiger partial charge in [-0.2, -0.15) is 0 Å². The molecular formula is C24H29N3O6. The summed E-state index contributed by atoms with van der Waals surface area (Å²) in [7, 11) is 4.34. The number of para-hydroxylation sites is 2. The number of carbonyl (C=O) groups is 2. The van der Waals surface area contributed by atoms with Crippen molar-refractivity contribution in [2.75, 3.05) is 21.3 Å². The molecule has 1 atom stereocenters. The van der Waals surface area contributed by atoms with Gasteiger partial charge >= 0.3 is 11.7 Å². The van der Waals surface area contributed by atoms with Crippen molar-refractivity contribution < 1.29 is 23.8 Å². The third-order valence-corrected chi connectivity index (χ3v) is 5.55. The van der Waals surface area contributed by atoms with Crippen molar-refractivity contribution in [1.29, 1.82) is 0 Å².